The summed E-state index contributed by atoms with van der Waals surface area (Å²) in [6, 6.07) is 10.2. The van der Waals surface area contributed by atoms with Gasteiger partial charge in [-0.25, -0.2) is 13.2 Å². The largest absolute Gasteiger partial charge is 0.321 e. The maximum absolute atomic E-state index is 13.5. The van der Waals surface area contributed by atoms with Crippen molar-refractivity contribution in [2.75, 3.05) is 18.8 Å². The van der Waals surface area contributed by atoms with Crippen LogP contribution in [-0.2, 0) is 11.3 Å². The molecular formula is C21H24F3N2OS+. The van der Waals surface area contributed by atoms with Crippen LogP contribution in [0.4, 0.5) is 13.2 Å². The molecule has 3 rings (SSSR count). The normalized spacial score (nSPS) is 17.9. The molecule has 0 bridgehead atoms. The van der Waals surface area contributed by atoms with Gasteiger partial charge in [-0.2, -0.15) is 0 Å². The second kappa shape index (κ2) is 9.01. The van der Waals surface area contributed by atoms with Crippen LogP contribution in [0.3, 0.4) is 0 Å². The smallest absolute Gasteiger partial charge is 0.278 e. The third kappa shape index (κ3) is 4.89. The highest BCUT2D eigenvalue weighted by Crippen LogP contribution is 2.37. The number of quaternary nitrogens is 1. The van der Waals surface area contributed by atoms with Gasteiger partial charge in [-0.1, -0.05) is 18.2 Å². The van der Waals surface area contributed by atoms with Gasteiger partial charge in [0.05, 0.1) is 6.04 Å². The van der Waals surface area contributed by atoms with E-state index in [1.807, 2.05) is 18.7 Å². The first kappa shape index (κ1) is 20.7. The Hall–Kier alpha value is -1.99. The highest BCUT2D eigenvalue weighted by molar-refractivity contribution is 7.99. The molecule has 1 heterocycles. The van der Waals surface area contributed by atoms with Gasteiger partial charge in [-0.3, -0.25) is 4.79 Å². The fourth-order valence-electron chi connectivity index (χ4n) is 3.31. The summed E-state index contributed by atoms with van der Waals surface area (Å²) in [5, 5.41) is -0.121. The van der Waals surface area contributed by atoms with Crippen molar-refractivity contribution in [3.05, 3.63) is 71.0 Å². The van der Waals surface area contributed by atoms with E-state index in [0.717, 1.165) is 22.3 Å². The molecule has 0 saturated carbocycles. The summed E-state index contributed by atoms with van der Waals surface area (Å²) >= 11 is 1.66. The Bertz CT molecular complexity index is 829. The number of carbonyl (C=O) groups is 1. The molecule has 0 aliphatic carbocycles. The van der Waals surface area contributed by atoms with E-state index in [4.69, 9.17) is 0 Å². The third-order valence-corrected chi connectivity index (χ3v) is 6.24. The summed E-state index contributed by atoms with van der Waals surface area (Å²) in [4.78, 5) is 15.8. The molecule has 3 nitrogen and oxygen atoms in total. The van der Waals surface area contributed by atoms with E-state index < -0.39 is 11.6 Å². The second-order valence-electron chi connectivity index (χ2n) is 7.28. The van der Waals surface area contributed by atoms with Gasteiger partial charge in [-0.15, -0.1) is 11.8 Å². The highest BCUT2D eigenvalue weighted by atomic mass is 32.2. The fraction of sp³-hybridized carbons (Fsp3) is 0.381. The van der Waals surface area contributed by atoms with E-state index in [0.29, 0.717) is 18.7 Å². The van der Waals surface area contributed by atoms with Crippen molar-refractivity contribution in [1.29, 1.82) is 0 Å². The third-order valence-electron chi connectivity index (χ3n) is 4.98. The summed E-state index contributed by atoms with van der Waals surface area (Å²) in [6.07, 6.45) is 0. The minimum atomic E-state index is -0.876. The first-order valence-electron chi connectivity index (χ1n) is 9.30. The van der Waals surface area contributed by atoms with Crippen LogP contribution < -0.4 is 4.90 Å². The van der Waals surface area contributed by atoms with E-state index >= 15 is 0 Å². The number of benzene rings is 2. The van der Waals surface area contributed by atoms with Crippen LogP contribution in [0.15, 0.2) is 42.5 Å². The van der Waals surface area contributed by atoms with E-state index in [1.165, 1.54) is 18.2 Å². The quantitative estimate of drug-likeness (QED) is 0.793. The molecule has 1 saturated heterocycles. The van der Waals surface area contributed by atoms with Gasteiger partial charge in [0.25, 0.3) is 5.91 Å². The molecule has 1 fully saturated rings. The first-order chi connectivity index (χ1) is 13.3. The Labute approximate surface area is 167 Å². The first-order valence-corrected chi connectivity index (χ1v) is 10.3. The van der Waals surface area contributed by atoms with Crippen molar-refractivity contribution in [2.24, 2.45) is 0 Å². The number of halogens is 3. The topological polar surface area (TPSA) is 24.8 Å². The number of nitrogens with zero attached hydrogens (tertiary/aromatic N) is 1. The van der Waals surface area contributed by atoms with E-state index in [9.17, 15) is 18.0 Å². The number of hydrogen-bond donors (Lipinski definition) is 1. The number of rotatable bonds is 6. The van der Waals surface area contributed by atoms with Gasteiger partial charge >= 0.3 is 0 Å². The van der Waals surface area contributed by atoms with Gasteiger partial charge < -0.3 is 9.80 Å². The molecule has 0 aromatic heterocycles. The molecule has 1 unspecified atom stereocenters. The van der Waals surface area contributed by atoms with E-state index in [2.05, 4.69) is 0 Å². The summed E-state index contributed by atoms with van der Waals surface area (Å²) in [7, 11) is 0. The number of hydrogen-bond acceptors (Lipinski definition) is 2. The van der Waals surface area contributed by atoms with Crippen molar-refractivity contribution in [2.45, 2.75) is 31.8 Å². The van der Waals surface area contributed by atoms with Crippen LogP contribution in [0, 0.1) is 17.5 Å². The fourth-order valence-corrected chi connectivity index (χ4v) is 4.59. The minimum absolute atomic E-state index is 0.00519. The van der Waals surface area contributed by atoms with Crippen LogP contribution in [0.5, 0.6) is 0 Å². The van der Waals surface area contributed by atoms with Crippen molar-refractivity contribution in [3.63, 3.8) is 0 Å². The zero-order valence-electron chi connectivity index (χ0n) is 15.9. The van der Waals surface area contributed by atoms with E-state index in [1.54, 1.807) is 30.0 Å². The van der Waals surface area contributed by atoms with Crippen LogP contribution in [0.2, 0.25) is 0 Å². The van der Waals surface area contributed by atoms with Crippen molar-refractivity contribution >= 4 is 17.7 Å². The SMILES string of the molecule is CC(C)[NH+](CC(=O)N1CCS[C@@H]1c1ccc(F)cc1)Cc1ccc(F)c(F)c1. The van der Waals surface area contributed by atoms with Crippen molar-refractivity contribution < 1.29 is 22.9 Å². The minimum Gasteiger partial charge on any atom is -0.321 e. The lowest BCUT2D eigenvalue weighted by Crippen LogP contribution is -3.14. The van der Waals surface area contributed by atoms with Crippen LogP contribution in [0.25, 0.3) is 0 Å². The predicted molar refractivity (Wildman–Crippen MR) is 104 cm³/mol. The molecule has 2 atom stereocenters. The van der Waals surface area contributed by atoms with E-state index in [-0.39, 0.29) is 29.7 Å². The van der Waals surface area contributed by atoms with Crippen LogP contribution >= 0.6 is 11.8 Å². The molecule has 28 heavy (non-hydrogen) atoms. The Morgan fingerprint density at radius 2 is 1.86 bits per heavy atom. The molecule has 1 aliphatic heterocycles. The summed E-state index contributed by atoms with van der Waals surface area (Å²) < 4.78 is 39.9. The number of nitrogens with one attached hydrogen (secondary N) is 1. The molecule has 0 radical (unpaired) electrons. The highest BCUT2D eigenvalue weighted by Gasteiger charge is 2.33. The molecule has 0 spiro atoms. The van der Waals surface area contributed by atoms with Gasteiger partial charge in [0, 0.05) is 17.9 Å². The van der Waals surface area contributed by atoms with Crippen molar-refractivity contribution in [1.82, 2.24) is 4.90 Å². The lowest BCUT2D eigenvalue weighted by Gasteiger charge is -2.28. The summed E-state index contributed by atoms with van der Waals surface area (Å²) in [5.74, 6) is -1.22. The lowest BCUT2D eigenvalue weighted by atomic mass is 10.1. The van der Waals surface area contributed by atoms with Crippen molar-refractivity contribution in [3.8, 4) is 0 Å². The molecule has 150 valence electrons. The van der Waals surface area contributed by atoms with Crippen LogP contribution in [0.1, 0.15) is 30.3 Å². The maximum Gasteiger partial charge on any atom is 0.278 e. The Morgan fingerprint density at radius 1 is 1.14 bits per heavy atom. The standard InChI is InChI=1S/C21H23F3N2OS/c1-14(2)25(12-15-3-8-18(23)19(24)11-15)13-20(27)26-9-10-28-21(26)16-4-6-17(22)7-5-16/h3-8,11,14,21H,9-10,12-13H2,1-2H3/p+1/t21-/m1/s1. The monoisotopic (exact) mass is 409 g/mol. The number of thioether (sulfide) groups is 1. The van der Waals surface area contributed by atoms with Crippen LogP contribution in [-0.4, -0.2) is 35.7 Å². The number of amides is 1. The lowest BCUT2D eigenvalue weighted by molar-refractivity contribution is -0.927. The average molecular weight is 409 g/mol. The molecule has 2 aromatic carbocycles. The summed E-state index contributed by atoms with van der Waals surface area (Å²) in [5.41, 5.74) is 1.56. The zero-order chi connectivity index (χ0) is 20.3. The Kier molecular flexibility index (Phi) is 6.67. The Balaban J connectivity index is 1.70. The second-order valence-corrected chi connectivity index (χ2v) is 8.46. The molecular weight excluding hydrogens is 385 g/mol. The van der Waals surface area contributed by atoms with Gasteiger partial charge in [0.15, 0.2) is 18.2 Å². The zero-order valence-corrected chi connectivity index (χ0v) is 16.7. The number of carbonyl (C=O) groups excluding carboxylic acids is 1. The maximum atomic E-state index is 13.5. The average Bonchev–Trinajstić information content (AvgIpc) is 3.14. The molecule has 1 aliphatic rings. The predicted octanol–water partition coefficient (Wildman–Crippen LogP) is 3.17. The Morgan fingerprint density at radius 3 is 2.50 bits per heavy atom. The molecule has 1 N–H and O–H groups in total. The molecule has 1 amide bonds. The summed E-state index contributed by atoms with van der Waals surface area (Å²) in [6.45, 7) is 5.33. The molecule has 2 aromatic rings. The van der Waals surface area contributed by atoms with Gasteiger partial charge in [0.1, 0.15) is 17.7 Å². The molecule has 7 heteroatoms. The van der Waals surface area contributed by atoms with Gasteiger partial charge in [0.2, 0.25) is 0 Å². The van der Waals surface area contributed by atoms with Gasteiger partial charge in [-0.05, 0) is 43.7 Å².